The largest absolute Gasteiger partial charge is 0.323 e. The van der Waals surface area contributed by atoms with Crippen LogP contribution in [0, 0.1) is 0 Å². The number of alkyl halides is 2. The van der Waals surface area contributed by atoms with Crippen molar-refractivity contribution in [2.45, 2.75) is 31.7 Å². The van der Waals surface area contributed by atoms with E-state index in [-0.39, 0.29) is 11.6 Å². The fraction of sp³-hybridized carbons (Fsp3) is 0.357. The first kappa shape index (κ1) is 12.7. The van der Waals surface area contributed by atoms with E-state index >= 15 is 0 Å². The van der Waals surface area contributed by atoms with Gasteiger partial charge in [-0.2, -0.15) is 0 Å². The molecular formula is C14H14F2N2S. The number of nitrogens with zero attached hydrogens (tertiary/aromatic N) is 1. The number of hydrogen-bond donors (Lipinski definition) is 1. The van der Waals surface area contributed by atoms with Crippen LogP contribution in [0.25, 0.3) is 10.6 Å². The highest BCUT2D eigenvalue weighted by Gasteiger charge is 2.22. The summed E-state index contributed by atoms with van der Waals surface area (Å²) in [6.07, 6.45) is 0.519. The molecule has 0 fully saturated rings. The lowest BCUT2D eigenvalue weighted by Gasteiger charge is -2.15. The van der Waals surface area contributed by atoms with Crippen LogP contribution >= 0.6 is 11.3 Å². The zero-order valence-electron chi connectivity index (χ0n) is 10.3. The highest BCUT2D eigenvalue weighted by Crippen LogP contribution is 2.37. The minimum Gasteiger partial charge on any atom is -0.323 e. The number of hydrogen-bond acceptors (Lipinski definition) is 3. The Morgan fingerprint density at radius 2 is 2.21 bits per heavy atom. The van der Waals surface area contributed by atoms with Crippen molar-refractivity contribution in [2.75, 3.05) is 0 Å². The Hall–Kier alpha value is -1.33. The Kier molecular flexibility index (Phi) is 3.33. The SMILES string of the molecule is NC1CCCc2nc(-c3cccc(C(F)F)c3)sc21. The number of rotatable bonds is 2. The smallest absolute Gasteiger partial charge is 0.263 e. The topological polar surface area (TPSA) is 38.9 Å². The van der Waals surface area contributed by atoms with Crippen LogP contribution in [-0.4, -0.2) is 4.98 Å². The third-order valence-electron chi connectivity index (χ3n) is 3.38. The predicted octanol–water partition coefficient (Wildman–Crippen LogP) is 4.08. The average Bonchev–Trinajstić information content (AvgIpc) is 2.84. The van der Waals surface area contributed by atoms with Crippen molar-refractivity contribution in [1.29, 1.82) is 0 Å². The summed E-state index contributed by atoms with van der Waals surface area (Å²) in [6, 6.07) is 6.47. The molecule has 3 rings (SSSR count). The zero-order valence-corrected chi connectivity index (χ0v) is 11.1. The Labute approximate surface area is 114 Å². The van der Waals surface area contributed by atoms with E-state index in [2.05, 4.69) is 4.98 Å². The standard InChI is InChI=1S/C14H14F2N2S/c15-13(16)8-3-1-4-9(7-8)14-18-11-6-2-5-10(17)12(11)19-14/h1,3-4,7,10,13H,2,5-6,17H2. The van der Waals surface area contributed by atoms with Crippen LogP contribution in [0.2, 0.25) is 0 Å². The van der Waals surface area contributed by atoms with Gasteiger partial charge in [-0.25, -0.2) is 13.8 Å². The lowest BCUT2D eigenvalue weighted by atomic mass is 9.99. The van der Waals surface area contributed by atoms with Crippen molar-refractivity contribution in [3.63, 3.8) is 0 Å². The third kappa shape index (κ3) is 2.40. The van der Waals surface area contributed by atoms with Crippen LogP contribution in [0.4, 0.5) is 8.78 Å². The maximum Gasteiger partial charge on any atom is 0.263 e. The molecule has 5 heteroatoms. The van der Waals surface area contributed by atoms with E-state index in [1.165, 1.54) is 23.5 Å². The van der Waals surface area contributed by atoms with Crippen molar-refractivity contribution in [1.82, 2.24) is 4.98 Å². The molecule has 0 aliphatic heterocycles. The molecule has 0 amide bonds. The zero-order chi connectivity index (χ0) is 13.4. The minimum absolute atomic E-state index is 0.0370. The van der Waals surface area contributed by atoms with E-state index in [0.717, 1.165) is 40.4 Å². The van der Waals surface area contributed by atoms with Crippen LogP contribution in [0.5, 0.6) is 0 Å². The molecule has 0 bridgehead atoms. The van der Waals surface area contributed by atoms with E-state index in [0.29, 0.717) is 0 Å². The first-order valence-electron chi connectivity index (χ1n) is 6.29. The summed E-state index contributed by atoms with van der Waals surface area (Å²) in [6.45, 7) is 0. The molecule has 1 aromatic carbocycles. The first-order valence-corrected chi connectivity index (χ1v) is 7.10. The summed E-state index contributed by atoms with van der Waals surface area (Å²) in [4.78, 5) is 5.68. The Bertz CT molecular complexity index is 595. The Morgan fingerprint density at radius 3 is 2.95 bits per heavy atom. The van der Waals surface area contributed by atoms with Gasteiger partial charge >= 0.3 is 0 Å². The van der Waals surface area contributed by atoms with Crippen LogP contribution in [-0.2, 0) is 6.42 Å². The molecule has 1 heterocycles. The van der Waals surface area contributed by atoms with Crippen molar-refractivity contribution < 1.29 is 8.78 Å². The first-order chi connectivity index (χ1) is 9.15. The van der Waals surface area contributed by atoms with E-state index in [1.807, 2.05) is 6.07 Å². The van der Waals surface area contributed by atoms with Crippen molar-refractivity contribution >= 4 is 11.3 Å². The number of aromatic nitrogens is 1. The Morgan fingerprint density at radius 1 is 1.37 bits per heavy atom. The summed E-state index contributed by atoms with van der Waals surface area (Å²) in [7, 11) is 0. The van der Waals surface area contributed by atoms with Gasteiger partial charge in [-0.15, -0.1) is 11.3 Å². The van der Waals surface area contributed by atoms with Crippen molar-refractivity contribution in [2.24, 2.45) is 5.73 Å². The maximum atomic E-state index is 12.7. The second-order valence-electron chi connectivity index (χ2n) is 4.75. The molecule has 1 aliphatic carbocycles. The predicted molar refractivity (Wildman–Crippen MR) is 72.4 cm³/mol. The monoisotopic (exact) mass is 280 g/mol. The number of benzene rings is 1. The van der Waals surface area contributed by atoms with Crippen molar-refractivity contribution in [3.05, 3.63) is 40.4 Å². The van der Waals surface area contributed by atoms with Gasteiger partial charge in [0.15, 0.2) is 0 Å². The van der Waals surface area contributed by atoms with Gasteiger partial charge in [-0.3, -0.25) is 0 Å². The summed E-state index contributed by atoms with van der Waals surface area (Å²) in [5, 5.41) is 0.796. The summed E-state index contributed by atoms with van der Waals surface area (Å²) < 4.78 is 25.4. The van der Waals surface area contributed by atoms with Crippen LogP contribution in [0.3, 0.4) is 0 Å². The molecule has 100 valence electrons. The van der Waals surface area contributed by atoms with E-state index < -0.39 is 6.43 Å². The maximum absolute atomic E-state index is 12.7. The molecule has 2 nitrogen and oxygen atoms in total. The number of thiazole rings is 1. The van der Waals surface area contributed by atoms with E-state index in [1.54, 1.807) is 6.07 Å². The molecule has 1 unspecified atom stereocenters. The van der Waals surface area contributed by atoms with Gasteiger partial charge in [0.2, 0.25) is 0 Å². The molecule has 0 saturated heterocycles. The molecule has 1 atom stereocenters. The third-order valence-corrected chi connectivity index (χ3v) is 4.66. The molecule has 2 N–H and O–H groups in total. The molecule has 0 spiro atoms. The molecular weight excluding hydrogens is 266 g/mol. The lowest BCUT2D eigenvalue weighted by molar-refractivity contribution is 0.151. The minimum atomic E-state index is -2.45. The molecule has 19 heavy (non-hydrogen) atoms. The molecule has 0 saturated carbocycles. The second kappa shape index (κ2) is 4.98. The lowest BCUT2D eigenvalue weighted by Crippen LogP contribution is -2.15. The fourth-order valence-electron chi connectivity index (χ4n) is 2.38. The normalized spacial score (nSPS) is 18.6. The van der Waals surface area contributed by atoms with Crippen LogP contribution < -0.4 is 5.73 Å². The van der Waals surface area contributed by atoms with Gasteiger partial charge in [0.1, 0.15) is 5.01 Å². The summed E-state index contributed by atoms with van der Waals surface area (Å²) >= 11 is 1.54. The molecule has 0 radical (unpaired) electrons. The van der Waals surface area contributed by atoms with Crippen molar-refractivity contribution in [3.8, 4) is 10.6 Å². The highest BCUT2D eigenvalue weighted by atomic mass is 32.1. The second-order valence-corrected chi connectivity index (χ2v) is 5.79. The van der Waals surface area contributed by atoms with Gasteiger partial charge < -0.3 is 5.73 Å². The van der Waals surface area contributed by atoms with Gasteiger partial charge in [-0.05, 0) is 25.3 Å². The van der Waals surface area contributed by atoms with Crippen LogP contribution in [0.1, 0.15) is 41.4 Å². The number of fused-ring (bicyclic) bond motifs is 1. The van der Waals surface area contributed by atoms with Gasteiger partial charge in [0.05, 0.1) is 5.69 Å². The molecule has 2 aromatic rings. The highest BCUT2D eigenvalue weighted by molar-refractivity contribution is 7.15. The van der Waals surface area contributed by atoms with Crippen LogP contribution in [0.15, 0.2) is 24.3 Å². The number of halogens is 2. The molecule has 1 aromatic heterocycles. The number of aryl methyl sites for hydroxylation is 1. The fourth-order valence-corrected chi connectivity index (χ4v) is 3.53. The van der Waals surface area contributed by atoms with Gasteiger partial charge in [-0.1, -0.05) is 18.2 Å². The van der Waals surface area contributed by atoms with Gasteiger partial charge in [0.25, 0.3) is 6.43 Å². The van der Waals surface area contributed by atoms with E-state index in [9.17, 15) is 8.78 Å². The summed E-state index contributed by atoms with van der Waals surface area (Å²) in [5.41, 5.74) is 7.90. The van der Waals surface area contributed by atoms with E-state index in [4.69, 9.17) is 5.73 Å². The molecule has 1 aliphatic rings. The summed E-state index contributed by atoms with van der Waals surface area (Å²) in [5.74, 6) is 0. The van der Waals surface area contributed by atoms with Gasteiger partial charge in [0, 0.05) is 22.0 Å². The number of nitrogens with two attached hydrogens (primary N) is 1. The quantitative estimate of drug-likeness (QED) is 0.900. The average molecular weight is 280 g/mol. The Balaban J connectivity index is 2.00.